The van der Waals surface area contributed by atoms with Gasteiger partial charge in [-0.15, -0.1) is 0 Å². The molecule has 82 valence electrons. The molecule has 1 fully saturated rings. The quantitative estimate of drug-likeness (QED) is 0.719. The van der Waals surface area contributed by atoms with Crippen LogP contribution in [0.3, 0.4) is 0 Å². The molecule has 15 heavy (non-hydrogen) atoms. The summed E-state index contributed by atoms with van der Waals surface area (Å²) in [6.07, 6.45) is 0. The first-order valence-electron chi connectivity index (χ1n) is 5.30. The Morgan fingerprint density at radius 2 is 2.07 bits per heavy atom. The standard InChI is InChI=1S/C12H17ClN2/c1-9-4-10(5-11(13)14-9)6-15-7-12(2,3)8-15/h4-5H,6-8H2,1-3H3. The zero-order valence-corrected chi connectivity index (χ0v) is 10.3. The summed E-state index contributed by atoms with van der Waals surface area (Å²) < 4.78 is 0. The maximum absolute atomic E-state index is 5.92. The molecule has 1 aliphatic rings. The molecule has 0 radical (unpaired) electrons. The molecule has 0 N–H and O–H groups in total. The van der Waals surface area contributed by atoms with E-state index in [9.17, 15) is 0 Å². The van der Waals surface area contributed by atoms with Crippen LogP contribution in [0.15, 0.2) is 12.1 Å². The second-order valence-corrected chi connectivity index (χ2v) is 5.64. The van der Waals surface area contributed by atoms with Gasteiger partial charge < -0.3 is 0 Å². The van der Waals surface area contributed by atoms with Crippen molar-refractivity contribution < 1.29 is 0 Å². The molecular weight excluding hydrogens is 208 g/mol. The van der Waals surface area contributed by atoms with E-state index in [2.05, 4.69) is 29.8 Å². The van der Waals surface area contributed by atoms with Crippen molar-refractivity contribution in [2.75, 3.05) is 13.1 Å². The van der Waals surface area contributed by atoms with E-state index in [0.717, 1.165) is 12.2 Å². The third-order valence-corrected chi connectivity index (χ3v) is 2.89. The zero-order chi connectivity index (χ0) is 11.1. The average Bonchev–Trinajstić information content (AvgIpc) is 1.97. The highest BCUT2D eigenvalue weighted by atomic mass is 35.5. The Hall–Kier alpha value is -0.600. The predicted octanol–water partition coefficient (Wildman–Crippen LogP) is 2.89. The van der Waals surface area contributed by atoms with Crippen molar-refractivity contribution in [2.45, 2.75) is 27.3 Å². The fourth-order valence-electron chi connectivity index (χ4n) is 2.32. The smallest absolute Gasteiger partial charge is 0.129 e. The van der Waals surface area contributed by atoms with Crippen molar-refractivity contribution in [3.8, 4) is 0 Å². The SMILES string of the molecule is Cc1cc(CN2CC(C)(C)C2)cc(Cl)n1. The van der Waals surface area contributed by atoms with E-state index >= 15 is 0 Å². The maximum Gasteiger partial charge on any atom is 0.129 e. The molecule has 2 heterocycles. The third kappa shape index (κ3) is 2.70. The summed E-state index contributed by atoms with van der Waals surface area (Å²) in [6, 6.07) is 4.07. The van der Waals surface area contributed by atoms with E-state index in [1.165, 1.54) is 18.7 Å². The van der Waals surface area contributed by atoms with Gasteiger partial charge >= 0.3 is 0 Å². The van der Waals surface area contributed by atoms with Crippen molar-refractivity contribution in [1.29, 1.82) is 0 Å². The summed E-state index contributed by atoms with van der Waals surface area (Å²) in [5.41, 5.74) is 2.76. The number of likely N-dealkylation sites (tertiary alicyclic amines) is 1. The molecule has 0 atom stereocenters. The highest BCUT2D eigenvalue weighted by molar-refractivity contribution is 6.29. The number of hydrogen-bond acceptors (Lipinski definition) is 2. The van der Waals surface area contributed by atoms with Crippen LogP contribution in [0.25, 0.3) is 0 Å². The molecule has 0 saturated carbocycles. The molecule has 0 aliphatic carbocycles. The van der Waals surface area contributed by atoms with Crippen LogP contribution in [-0.4, -0.2) is 23.0 Å². The summed E-state index contributed by atoms with van der Waals surface area (Å²) in [6.45, 7) is 9.92. The Morgan fingerprint density at radius 1 is 1.40 bits per heavy atom. The van der Waals surface area contributed by atoms with E-state index < -0.39 is 0 Å². The summed E-state index contributed by atoms with van der Waals surface area (Å²) in [4.78, 5) is 6.60. The lowest BCUT2D eigenvalue weighted by Crippen LogP contribution is -2.52. The van der Waals surface area contributed by atoms with Gasteiger partial charge in [0.15, 0.2) is 0 Å². The second kappa shape index (κ2) is 3.76. The summed E-state index contributed by atoms with van der Waals surface area (Å²) in [7, 11) is 0. The Kier molecular flexibility index (Phi) is 2.73. The number of aryl methyl sites for hydroxylation is 1. The Balaban J connectivity index is 2.00. The van der Waals surface area contributed by atoms with Crippen LogP contribution in [0.2, 0.25) is 5.15 Å². The molecule has 0 bridgehead atoms. The fourth-order valence-corrected chi connectivity index (χ4v) is 2.60. The Labute approximate surface area is 96.3 Å². The first-order chi connectivity index (χ1) is 6.94. The number of rotatable bonds is 2. The number of hydrogen-bond donors (Lipinski definition) is 0. The highest BCUT2D eigenvalue weighted by Gasteiger charge is 2.33. The lowest BCUT2D eigenvalue weighted by Gasteiger charge is -2.46. The molecule has 1 saturated heterocycles. The lowest BCUT2D eigenvalue weighted by atomic mass is 9.84. The van der Waals surface area contributed by atoms with Gasteiger partial charge in [-0.2, -0.15) is 0 Å². The molecule has 1 aromatic rings. The van der Waals surface area contributed by atoms with Gasteiger partial charge in [0.2, 0.25) is 0 Å². The van der Waals surface area contributed by atoms with E-state index in [4.69, 9.17) is 11.6 Å². The van der Waals surface area contributed by atoms with Crippen molar-refractivity contribution in [3.05, 3.63) is 28.5 Å². The van der Waals surface area contributed by atoms with Crippen LogP contribution in [0.5, 0.6) is 0 Å². The summed E-state index contributed by atoms with van der Waals surface area (Å²) in [5.74, 6) is 0. The minimum atomic E-state index is 0.492. The number of nitrogens with zero attached hydrogens (tertiary/aromatic N) is 2. The van der Waals surface area contributed by atoms with Gasteiger partial charge in [-0.05, 0) is 30.0 Å². The van der Waals surface area contributed by atoms with Crippen LogP contribution in [0.4, 0.5) is 0 Å². The average molecular weight is 225 g/mol. The van der Waals surface area contributed by atoms with E-state index in [0.29, 0.717) is 10.6 Å². The zero-order valence-electron chi connectivity index (χ0n) is 9.55. The molecule has 2 rings (SSSR count). The van der Waals surface area contributed by atoms with E-state index in [-0.39, 0.29) is 0 Å². The van der Waals surface area contributed by atoms with Gasteiger partial charge in [-0.3, -0.25) is 4.90 Å². The van der Waals surface area contributed by atoms with Crippen molar-refractivity contribution in [3.63, 3.8) is 0 Å². The van der Waals surface area contributed by atoms with Gasteiger partial charge in [0.05, 0.1) is 0 Å². The molecule has 1 aromatic heterocycles. The fraction of sp³-hybridized carbons (Fsp3) is 0.583. The monoisotopic (exact) mass is 224 g/mol. The van der Waals surface area contributed by atoms with Crippen LogP contribution in [0.1, 0.15) is 25.1 Å². The number of pyridine rings is 1. The van der Waals surface area contributed by atoms with Crippen LogP contribution >= 0.6 is 11.6 Å². The first-order valence-corrected chi connectivity index (χ1v) is 5.68. The Bertz CT molecular complexity index is 346. The number of halogens is 1. The molecule has 0 amide bonds. The van der Waals surface area contributed by atoms with Gasteiger partial charge in [0.25, 0.3) is 0 Å². The minimum Gasteiger partial charge on any atom is -0.298 e. The summed E-state index contributed by atoms with van der Waals surface area (Å²) >= 11 is 5.92. The molecular formula is C12H17ClN2. The minimum absolute atomic E-state index is 0.492. The van der Waals surface area contributed by atoms with Crippen molar-refractivity contribution in [2.24, 2.45) is 5.41 Å². The van der Waals surface area contributed by atoms with Crippen LogP contribution in [-0.2, 0) is 6.54 Å². The molecule has 0 unspecified atom stereocenters. The highest BCUT2D eigenvalue weighted by Crippen LogP contribution is 2.30. The Morgan fingerprint density at radius 3 is 2.60 bits per heavy atom. The second-order valence-electron chi connectivity index (χ2n) is 5.25. The first kappa shape index (κ1) is 10.9. The normalized spacial score (nSPS) is 20.0. The van der Waals surface area contributed by atoms with Gasteiger partial charge in [-0.1, -0.05) is 25.4 Å². The molecule has 2 nitrogen and oxygen atoms in total. The lowest BCUT2D eigenvalue weighted by molar-refractivity contribution is 0.0242. The van der Waals surface area contributed by atoms with Crippen molar-refractivity contribution in [1.82, 2.24) is 9.88 Å². The third-order valence-electron chi connectivity index (χ3n) is 2.69. The van der Waals surface area contributed by atoms with Gasteiger partial charge in [0, 0.05) is 25.3 Å². The van der Waals surface area contributed by atoms with E-state index in [1.807, 2.05) is 13.0 Å². The largest absolute Gasteiger partial charge is 0.298 e. The van der Waals surface area contributed by atoms with Gasteiger partial charge in [-0.25, -0.2) is 4.98 Å². The van der Waals surface area contributed by atoms with E-state index in [1.54, 1.807) is 0 Å². The number of aromatic nitrogens is 1. The van der Waals surface area contributed by atoms with Crippen LogP contribution in [0, 0.1) is 12.3 Å². The molecule has 0 spiro atoms. The van der Waals surface area contributed by atoms with Crippen LogP contribution < -0.4 is 0 Å². The molecule has 3 heteroatoms. The molecule has 1 aliphatic heterocycles. The predicted molar refractivity (Wildman–Crippen MR) is 63.0 cm³/mol. The maximum atomic E-state index is 5.92. The summed E-state index contributed by atoms with van der Waals surface area (Å²) in [5, 5.41) is 0.602. The van der Waals surface area contributed by atoms with Crippen molar-refractivity contribution >= 4 is 11.6 Å². The topological polar surface area (TPSA) is 16.1 Å². The van der Waals surface area contributed by atoms with Gasteiger partial charge in [0.1, 0.15) is 5.15 Å². The molecule has 0 aromatic carbocycles.